The van der Waals surface area contributed by atoms with Crippen molar-refractivity contribution in [2.24, 2.45) is 23.7 Å². The second kappa shape index (κ2) is 11.3. The summed E-state index contributed by atoms with van der Waals surface area (Å²) in [5.74, 6) is 0.865. The molecule has 2 nitrogen and oxygen atoms in total. The predicted molar refractivity (Wildman–Crippen MR) is 90.8 cm³/mol. The first-order valence-electron chi connectivity index (χ1n) is 8.25. The smallest absolute Gasteiger partial charge is 0.320 e. The fourth-order valence-electron chi connectivity index (χ4n) is 2.30. The summed E-state index contributed by atoms with van der Waals surface area (Å²) < 4.78 is 12.1. The van der Waals surface area contributed by atoms with E-state index in [4.69, 9.17) is 5.52 Å². The van der Waals surface area contributed by atoms with E-state index < -0.39 is 0 Å². The molecule has 4 heteroatoms. The first-order valence-corrected chi connectivity index (χ1v) is 8.48. The third-order valence-corrected chi connectivity index (χ3v) is 3.57. The molecule has 2 atom stereocenters. The fraction of sp³-hybridized carbons (Fsp3) is 0.812. The van der Waals surface area contributed by atoms with Crippen LogP contribution in [-0.2, 0) is 8.98 Å². The largest absolute Gasteiger partial charge is 0.405 e. The average molecular weight is 299 g/mol. The van der Waals surface area contributed by atoms with Gasteiger partial charge < -0.3 is 4.18 Å². The molecule has 0 aromatic carbocycles. The van der Waals surface area contributed by atoms with Gasteiger partial charge in [0.05, 0.1) is 5.92 Å². The standard InChI is InChI=1S/C16H30BO2S/c1-6-7-8-14(10-9-12(2)3)15(11-13(4)5)16(18)19-20-17/h9-10,12-15,17H,6-8,11H2,1-5H3/b10-9+/t14-,15-/m1/s1/i17T. The van der Waals surface area contributed by atoms with Crippen LogP contribution in [0, 0.1) is 23.7 Å². The molecule has 0 spiro atoms. The Kier molecular flexibility index (Phi) is 9.99. The summed E-state index contributed by atoms with van der Waals surface area (Å²) in [7, 11) is 1.05. The molecule has 0 unspecified atom stereocenters. The summed E-state index contributed by atoms with van der Waals surface area (Å²) >= 11 is 0.805. The Morgan fingerprint density at radius 1 is 1.35 bits per heavy atom. The van der Waals surface area contributed by atoms with Crippen molar-refractivity contribution >= 4 is 25.0 Å². The van der Waals surface area contributed by atoms with Crippen molar-refractivity contribution in [1.82, 2.24) is 0 Å². The molecule has 0 aromatic rings. The van der Waals surface area contributed by atoms with Crippen LogP contribution in [0.4, 0.5) is 0 Å². The Bertz CT molecular complexity index is 309. The Labute approximate surface area is 132 Å². The molecule has 0 aliphatic carbocycles. The molecule has 115 valence electrons. The first-order chi connectivity index (χ1) is 9.92. The molecule has 0 aromatic heterocycles. The highest BCUT2D eigenvalue weighted by Crippen LogP contribution is 2.29. The third kappa shape index (κ3) is 8.73. The van der Waals surface area contributed by atoms with Gasteiger partial charge in [-0.05, 0) is 43.8 Å². The predicted octanol–water partition coefficient (Wildman–Crippen LogP) is 4.67. The van der Waals surface area contributed by atoms with Gasteiger partial charge in [0.2, 0.25) is 7.09 Å². The molecular formula is C16H30BO2S. The molecule has 1 radical (unpaired) electrons. The second-order valence-electron chi connectivity index (χ2n) is 6.17. The Morgan fingerprint density at radius 3 is 2.55 bits per heavy atom. The lowest BCUT2D eigenvalue weighted by Crippen LogP contribution is -2.25. The van der Waals surface area contributed by atoms with E-state index in [-0.39, 0.29) is 17.8 Å². The maximum atomic E-state index is 12.3. The molecule has 0 amide bonds. The van der Waals surface area contributed by atoms with Gasteiger partial charge in [0, 0.05) is 0 Å². The summed E-state index contributed by atoms with van der Waals surface area (Å²) in [5.41, 5.74) is 0. The minimum atomic E-state index is -0.188. The number of carbonyl (C=O) groups is 1. The quantitative estimate of drug-likeness (QED) is 0.315. The lowest BCUT2D eigenvalue weighted by atomic mass is 9.82. The highest BCUT2D eigenvalue weighted by molar-refractivity contribution is 8.16. The van der Waals surface area contributed by atoms with Gasteiger partial charge in [-0.3, -0.25) is 4.79 Å². The monoisotopic (exact) mass is 299 g/mol. The first kappa shape index (κ1) is 17.7. The van der Waals surface area contributed by atoms with Gasteiger partial charge in [-0.25, -0.2) is 0 Å². The van der Waals surface area contributed by atoms with Gasteiger partial charge in [-0.1, -0.05) is 59.6 Å². The molecule has 0 heterocycles. The molecule has 20 heavy (non-hydrogen) atoms. The van der Waals surface area contributed by atoms with E-state index in [1.54, 1.807) is 0 Å². The van der Waals surface area contributed by atoms with Crippen molar-refractivity contribution in [3.05, 3.63) is 12.2 Å². The van der Waals surface area contributed by atoms with E-state index in [0.717, 1.165) is 44.7 Å². The van der Waals surface area contributed by atoms with Crippen molar-refractivity contribution in [2.75, 3.05) is 0 Å². The molecule has 0 bridgehead atoms. The highest BCUT2D eigenvalue weighted by Gasteiger charge is 2.28. The zero-order valence-electron chi connectivity index (χ0n) is 14.6. The Morgan fingerprint density at radius 2 is 2.05 bits per heavy atom. The number of carbonyl (C=O) groups excluding carboxylic acids is 1. The highest BCUT2D eigenvalue weighted by atomic mass is 32.2. The van der Waals surface area contributed by atoms with E-state index >= 15 is 0 Å². The normalized spacial score (nSPS) is 15.4. The van der Waals surface area contributed by atoms with Crippen LogP contribution in [0.15, 0.2) is 12.2 Å². The van der Waals surface area contributed by atoms with Crippen LogP contribution in [0.1, 0.15) is 60.3 Å². The number of unbranched alkanes of at least 4 members (excludes halogenated alkanes) is 1. The van der Waals surface area contributed by atoms with Crippen molar-refractivity contribution in [3.8, 4) is 0 Å². The minimum absolute atomic E-state index is 0.112. The summed E-state index contributed by atoms with van der Waals surface area (Å²) in [5, 5.41) is 0. The van der Waals surface area contributed by atoms with E-state index in [1.165, 1.54) is 0 Å². The number of hydrogen-bond donors (Lipinski definition) is 0. The molecule has 0 aliphatic heterocycles. The van der Waals surface area contributed by atoms with Crippen molar-refractivity contribution in [1.29, 1.82) is 1.34 Å². The number of allylic oxidation sites excluding steroid dienone is 2. The zero-order chi connectivity index (χ0) is 16.3. The van der Waals surface area contributed by atoms with Crippen LogP contribution in [-0.4, -0.2) is 14.4 Å². The summed E-state index contributed by atoms with van der Waals surface area (Å²) in [6.07, 6.45) is 8.47. The van der Waals surface area contributed by atoms with Gasteiger partial charge in [0.1, 0.15) is 0 Å². The van der Waals surface area contributed by atoms with Crippen LogP contribution in [0.3, 0.4) is 0 Å². The van der Waals surface area contributed by atoms with E-state index in [1.807, 2.05) is 0 Å². The lowest BCUT2D eigenvalue weighted by Gasteiger charge is -2.24. The SMILES string of the molecule is [3H][B]SOC(=O)[C@H](CC(C)C)[C@@H](/C=C/C(C)C)CCCC. The van der Waals surface area contributed by atoms with E-state index in [2.05, 4.69) is 46.8 Å². The van der Waals surface area contributed by atoms with Crippen molar-refractivity contribution in [2.45, 2.75) is 60.3 Å². The number of rotatable bonds is 11. The Hall–Kier alpha value is -0.375. The third-order valence-electron chi connectivity index (χ3n) is 3.31. The maximum Gasteiger partial charge on any atom is 0.320 e. The van der Waals surface area contributed by atoms with Crippen LogP contribution in [0.5, 0.6) is 0 Å². The maximum absolute atomic E-state index is 12.3. The fourth-order valence-corrected chi connectivity index (χ4v) is 2.52. The number of hydrogen-bond acceptors (Lipinski definition) is 3. The second-order valence-corrected chi connectivity index (χ2v) is 6.53. The van der Waals surface area contributed by atoms with Gasteiger partial charge in [0.15, 0.2) is 0 Å². The minimum Gasteiger partial charge on any atom is -0.405 e. The molecular weight excluding hydrogens is 267 g/mol. The molecule has 0 saturated carbocycles. The lowest BCUT2D eigenvalue weighted by molar-refractivity contribution is -0.139. The van der Waals surface area contributed by atoms with Crippen LogP contribution >= 0.6 is 11.9 Å². The summed E-state index contributed by atoms with van der Waals surface area (Å²) in [6, 6.07) is 0. The van der Waals surface area contributed by atoms with Crippen molar-refractivity contribution in [3.63, 3.8) is 0 Å². The molecule has 0 fully saturated rings. The van der Waals surface area contributed by atoms with Crippen LogP contribution < -0.4 is 0 Å². The van der Waals surface area contributed by atoms with Crippen LogP contribution in [0.25, 0.3) is 0 Å². The molecule has 0 rings (SSSR count). The Balaban J connectivity index is 4.99. The van der Waals surface area contributed by atoms with Crippen LogP contribution in [0.2, 0.25) is 0 Å². The van der Waals surface area contributed by atoms with Gasteiger partial charge in [0.25, 0.3) is 0 Å². The summed E-state index contributed by atoms with van der Waals surface area (Å²) in [6.45, 7) is 10.7. The zero-order valence-corrected chi connectivity index (χ0v) is 14.4. The van der Waals surface area contributed by atoms with Gasteiger partial charge in [-0.2, -0.15) is 0 Å². The average Bonchev–Trinajstić information content (AvgIpc) is 2.42. The summed E-state index contributed by atoms with van der Waals surface area (Å²) in [4.78, 5) is 12.3. The van der Waals surface area contributed by atoms with Gasteiger partial charge >= 0.3 is 5.97 Å². The van der Waals surface area contributed by atoms with Crippen molar-refractivity contribution < 1.29 is 8.98 Å². The van der Waals surface area contributed by atoms with Gasteiger partial charge in [-0.15, -0.1) is 0 Å². The molecule has 0 saturated heterocycles. The molecule has 0 N–H and O–H groups in total. The topological polar surface area (TPSA) is 26.3 Å². The van der Waals surface area contributed by atoms with E-state index in [9.17, 15) is 4.79 Å². The van der Waals surface area contributed by atoms with E-state index in [0.29, 0.717) is 11.8 Å². The molecule has 0 aliphatic rings.